The maximum atomic E-state index is 3.58. The molecular formula is C19H24BrN. The van der Waals surface area contributed by atoms with Gasteiger partial charge in [-0.25, -0.2) is 0 Å². The lowest BCUT2D eigenvalue weighted by Gasteiger charge is -2.19. The molecule has 1 N–H and O–H groups in total. The fourth-order valence-corrected chi connectivity index (χ4v) is 2.53. The quantitative estimate of drug-likeness (QED) is 0.760. The Morgan fingerprint density at radius 2 is 1.52 bits per heavy atom. The third-order valence-electron chi connectivity index (χ3n) is 3.80. The van der Waals surface area contributed by atoms with E-state index in [1.165, 1.54) is 16.7 Å². The minimum Gasteiger partial charge on any atom is -0.306 e. The molecule has 0 heterocycles. The molecule has 2 aromatic rings. The van der Waals surface area contributed by atoms with Crippen LogP contribution in [0.25, 0.3) is 0 Å². The van der Waals surface area contributed by atoms with Crippen molar-refractivity contribution < 1.29 is 0 Å². The monoisotopic (exact) mass is 345 g/mol. The zero-order valence-electron chi connectivity index (χ0n) is 13.3. The van der Waals surface area contributed by atoms with E-state index >= 15 is 0 Å². The normalized spacial score (nSPS) is 13.2. The molecule has 1 nitrogen and oxygen atoms in total. The molecule has 0 bridgehead atoms. The number of hydrogen-bond donors (Lipinski definition) is 1. The Bertz CT molecular complexity index is 564. The van der Waals surface area contributed by atoms with Gasteiger partial charge < -0.3 is 5.32 Å². The second-order valence-corrected chi connectivity index (χ2v) is 7.52. The van der Waals surface area contributed by atoms with Gasteiger partial charge >= 0.3 is 0 Å². The van der Waals surface area contributed by atoms with E-state index < -0.39 is 0 Å². The van der Waals surface area contributed by atoms with Gasteiger partial charge in [-0.3, -0.25) is 0 Å². The van der Waals surface area contributed by atoms with Crippen LogP contribution in [0.4, 0.5) is 0 Å². The van der Waals surface area contributed by atoms with Crippen LogP contribution in [-0.2, 0) is 12.0 Å². The minimum atomic E-state index is 0.219. The first kappa shape index (κ1) is 16.3. The molecule has 0 spiro atoms. The van der Waals surface area contributed by atoms with Gasteiger partial charge in [0.05, 0.1) is 0 Å². The Kier molecular flexibility index (Phi) is 5.23. The van der Waals surface area contributed by atoms with Crippen LogP contribution in [-0.4, -0.2) is 0 Å². The average Bonchev–Trinajstić information content (AvgIpc) is 2.45. The van der Waals surface area contributed by atoms with Gasteiger partial charge in [0.15, 0.2) is 0 Å². The third-order valence-corrected chi connectivity index (χ3v) is 4.33. The number of nitrogens with one attached hydrogen (secondary N) is 1. The summed E-state index contributed by atoms with van der Waals surface area (Å²) in [5, 5.41) is 3.58. The fraction of sp³-hybridized carbons (Fsp3) is 0.368. The molecule has 0 fully saturated rings. The van der Waals surface area contributed by atoms with Crippen LogP contribution in [0.1, 0.15) is 50.4 Å². The molecule has 0 aliphatic heterocycles. The van der Waals surface area contributed by atoms with E-state index in [1.807, 2.05) is 0 Å². The Morgan fingerprint density at radius 3 is 2.05 bits per heavy atom. The van der Waals surface area contributed by atoms with E-state index in [2.05, 4.69) is 97.5 Å². The van der Waals surface area contributed by atoms with Crippen LogP contribution in [0.5, 0.6) is 0 Å². The van der Waals surface area contributed by atoms with Crippen molar-refractivity contribution in [2.75, 3.05) is 0 Å². The standard InChI is InChI=1S/C19H24BrN/c1-14(16-7-11-18(20)12-8-16)21-13-15-5-9-17(10-6-15)19(2,3)4/h5-12,14,21H,13H2,1-4H3/t14-/m0/s1. The summed E-state index contributed by atoms with van der Waals surface area (Å²) in [6.45, 7) is 9.83. The maximum absolute atomic E-state index is 3.58. The van der Waals surface area contributed by atoms with Crippen molar-refractivity contribution >= 4 is 15.9 Å². The molecule has 21 heavy (non-hydrogen) atoms. The summed E-state index contributed by atoms with van der Waals surface area (Å²) in [6, 6.07) is 17.8. The van der Waals surface area contributed by atoms with E-state index in [0.717, 1.165) is 11.0 Å². The predicted octanol–water partition coefficient (Wildman–Crippen LogP) is 5.60. The Hall–Kier alpha value is -1.12. The van der Waals surface area contributed by atoms with E-state index in [4.69, 9.17) is 0 Å². The smallest absolute Gasteiger partial charge is 0.0294 e. The van der Waals surface area contributed by atoms with Crippen LogP contribution in [0.15, 0.2) is 53.0 Å². The van der Waals surface area contributed by atoms with Gasteiger partial charge in [-0.05, 0) is 41.2 Å². The molecule has 2 rings (SSSR count). The van der Waals surface area contributed by atoms with E-state index in [0.29, 0.717) is 6.04 Å². The molecule has 0 saturated heterocycles. The number of halogens is 1. The second kappa shape index (κ2) is 6.76. The molecule has 1 atom stereocenters. The molecule has 0 amide bonds. The molecular weight excluding hydrogens is 322 g/mol. The highest BCUT2D eigenvalue weighted by Crippen LogP contribution is 2.22. The minimum absolute atomic E-state index is 0.219. The SMILES string of the molecule is C[C@H](NCc1ccc(C(C)(C)C)cc1)c1ccc(Br)cc1. The van der Waals surface area contributed by atoms with Crippen LogP contribution < -0.4 is 5.32 Å². The summed E-state index contributed by atoms with van der Waals surface area (Å²) >= 11 is 3.47. The first-order chi connectivity index (χ1) is 9.86. The Morgan fingerprint density at radius 1 is 0.952 bits per heavy atom. The van der Waals surface area contributed by atoms with Gasteiger partial charge in [-0.1, -0.05) is 73.1 Å². The van der Waals surface area contributed by atoms with Crippen LogP contribution in [0.2, 0.25) is 0 Å². The summed E-state index contributed by atoms with van der Waals surface area (Å²) in [6.07, 6.45) is 0. The van der Waals surface area contributed by atoms with Crippen molar-refractivity contribution in [2.45, 2.75) is 45.7 Å². The number of rotatable bonds is 4. The molecule has 2 heteroatoms. The second-order valence-electron chi connectivity index (χ2n) is 6.60. The highest BCUT2D eigenvalue weighted by molar-refractivity contribution is 9.10. The summed E-state index contributed by atoms with van der Waals surface area (Å²) in [4.78, 5) is 0. The van der Waals surface area contributed by atoms with E-state index in [-0.39, 0.29) is 5.41 Å². The lowest BCUT2D eigenvalue weighted by Crippen LogP contribution is -2.18. The van der Waals surface area contributed by atoms with Gasteiger partial charge in [0.25, 0.3) is 0 Å². The van der Waals surface area contributed by atoms with Crippen LogP contribution in [0, 0.1) is 0 Å². The van der Waals surface area contributed by atoms with E-state index in [1.54, 1.807) is 0 Å². The topological polar surface area (TPSA) is 12.0 Å². The van der Waals surface area contributed by atoms with Crippen molar-refractivity contribution in [3.63, 3.8) is 0 Å². The zero-order valence-corrected chi connectivity index (χ0v) is 14.9. The lowest BCUT2D eigenvalue weighted by molar-refractivity contribution is 0.571. The maximum Gasteiger partial charge on any atom is 0.0294 e. The molecule has 0 radical (unpaired) electrons. The van der Waals surface area contributed by atoms with Gasteiger partial charge in [-0.15, -0.1) is 0 Å². The Balaban J connectivity index is 1.95. The van der Waals surface area contributed by atoms with Gasteiger partial charge in [0.2, 0.25) is 0 Å². The Labute approximate surface area is 136 Å². The molecule has 0 aliphatic carbocycles. The summed E-state index contributed by atoms with van der Waals surface area (Å²) in [7, 11) is 0. The van der Waals surface area contributed by atoms with Crippen molar-refractivity contribution in [1.82, 2.24) is 5.32 Å². The molecule has 0 unspecified atom stereocenters. The van der Waals surface area contributed by atoms with Gasteiger partial charge in [0, 0.05) is 17.1 Å². The predicted molar refractivity (Wildman–Crippen MR) is 94.5 cm³/mol. The third kappa shape index (κ3) is 4.69. The fourth-order valence-electron chi connectivity index (χ4n) is 2.26. The van der Waals surface area contributed by atoms with Crippen molar-refractivity contribution in [2.24, 2.45) is 0 Å². The number of hydrogen-bond acceptors (Lipinski definition) is 1. The van der Waals surface area contributed by atoms with Crippen LogP contribution >= 0.6 is 15.9 Å². The average molecular weight is 346 g/mol. The van der Waals surface area contributed by atoms with Crippen LogP contribution in [0.3, 0.4) is 0 Å². The highest BCUT2D eigenvalue weighted by atomic mass is 79.9. The van der Waals surface area contributed by atoms with Gasteiger partial charge in [0.1, 0.15) is 0 Å². The first-order valence-corrected chi connectivity index (χ1v) is 8.24. The first-order valence-electron chi connectivity index (χ1n) is 7.44. The summed E-state index contributed by atoms with van der Waals surface area (Å²) in [5.41, 5.74) is 4.24. The molecule has 2 aromatic carbocycles. The van der Waals surface area contributed by atoms with Gasteiger partial charge in [-0.2, -0.15) is 0 Å². The molecule has 0 saturated carbocycles. The number of benzene rings is 2. The molecule has 0 aromatic heterocycles. The largest absolute Gasteiger partial charge is 0.306 e. The highest BCUT2D eigenvalue weighted by Gasteiger charge is 2.12. The van der Waals surface area contributed by atoms with Crippen molar-refractivity contribution in [3.8, 4) is 0 Å². The van der Waals surface area contributed by atoms with Crippen molar-refractivity contribution in [1.29, 1.82) is 0 Å². The van der Waals surface area contributed by atoms with E-state index in [9.17, 15) is 0 Å². The summed E-state index contributed by atoms with van der Waals surface area (Å²) < 4.78 is 1.12. The molecule has 0 aliphatic rings. The summed E-state index contributed by atoms with van der Waals surface area (Å²) in [5.74, 6) is 0. The van der Waals surface area contributed by atoms with Crippen molar-refractivity contribution in [3.05, 3.63) is 69.7 Å². The lowest BCUT2D eigenvalue weighted by atomic mass is 9.87. The zero-order chi connectivity index (χ0) is 15.5. The molecule has 112 valence electrons.